The molecule has 0 bridgehead atoms. The highest BCUT2D eigenvalue weighted by Gasteiger charge is 2.27. The highest BCUT2D eigenvalue weighted by atomic mass is 35.5. The Bertz CT molecular complexity index is 1250. The lowest BCUT2D eigenvalue weighted by molar-refractivity contribution is 0.283. The normalized spacial score (nSPS) is 15.4. The molecule has 1 atom stereocenters. The van der Waals surface area contributed by atoms with E-state index < -0.39 is 0 Å². The van der Waals surface area contributed by atoms with E-state index >= 15 is 0 Å². The van der Waals surface area contributed by atoms with Crippen molar-refractivity contribution in [3.05, 3.63) is 88.3 Å². The number of hydrogen-bond acceptors (Lipinski definition) is 5. The fraction of sp³-hybridized carbons (Fsp3) is 0.240. The SMILES string of the molecule is COc1ccc(COc2cc(C3NCCc4nc5cc(Cl)ccn5c43)ccc2OC)cc1. The summed E-state index contributed by atoms with van der Waals surface area (Å²) in [5.74, 6) is 2.22. The molecule has 0 amide bonds. The van der Waals surface area contributed by atoms with Crippen molar-refractivity contribution >= 4 is 17.2 Å². The fourth-order valence-corrected chi connectivity index (χ4v) is 4.31. The van der Waals surface area contributed by atoms with E-state index in [-0.39, 0.29) is 6.04 Å². The first-order chi connectivity index (χ1) is 15.7. The van der Waals surface area contributed by atoms with Gasteiger partial charge in [-0.2, -0.15) is 0 Å². The second kappa shape index (κ2) is 8.73. The molecule has 1 N–H and O–H groups in total. The van der Waals surface area contributed by atoms with Crippen LogP contribution in [0.15, 0.2) is 60.8 Å². The molecule has 2 aromatic carbocycles. The Labute approximate surface area is 191 Å². The third kappa shape index (κ3) is 3.87. The standard InChI is InChI=1S/C25H24ClN3O3/c1-30-19-6-3-16(4-7-19)15-32-22-13-17(5-8-21(22)31-2)24-25-20(9-11-27-24)28-23-14-18(26)10-12-29(23)25/h3-8,10,12-14,24,27H,9,11,15H2,1-2H3. The number of pyridine rings is 1. The molecule has 7 heteroatoms. The number of nitrogens with one attached hydrogen (secondary N) is 1. The number of benzene rings is 2. The number of ether oxygens (including phenoxy) is 3. The van der Waals surface area contributed by atoms with Crippen molar-refractivity contribution in [1.29, 1.82) is 0 Å². The predicted molar refractivity (Wildman–Crippen MR) is 124 cm³/mol. The molecular formula is C25H24ClN3O3. The van der Waals surface area contributed by atoms with Crippen LogP contribution in [0.2, 0.25) is 5.02 Å². The van der Waals surface area contributed by atoms with Gasteiger partial charge in [0.2, 0.25) is 0 Å². The number of halogens is 1. The van der Waals surface area contributed by atoms with Crippen molar-refractivity contribution < 1.29 is 14.2 Å². The van der Waals surface area contributed by atoms with Gasteiger partial charge in [-0.05, 0) is 41.5 Å². The van der Waals surface area contributed by atoms with Crippen LogP contribution in [0.25, 0.3) is 5.65 Å². The van der Waals surface area contributed by atoms with Gasteiger partial charge in [0.05, 0.1) is 31.6 Å². The molecule has 164 valence electrons. The van der Waals surface area contributed by atoms with Crippen LogP contribution in [0, 0.1) is 0 Å². The Morgan fingerprint density at radius 2 is 1.88 bits per heavy atom. The zero-order valence-corrected chi connectivity index (χ0v) is 18.7. The molecule has 0 saturated carbocycles. The molecule has 0 fully saturated rings. The predicted octanol–water partition coefficient (Wildman–Crippen LogP) is 4.82. The third-order valence-electron chi connectivity index (χ3n) is 5.76. The van der Waals surface area contributed by atoms with Crippen LogP contribution in [0.5, 0.6) is 17.2 Å². The Kier molecular flexibility index (Phi) is 5.64. The summed E-state index contributed by atoms with van der Waals surface area (Å²) in [4.78, 5) is 4.81. The van der Waals surface area contributed by atoms with Crippen molar-refractivity contribution in [2.75, 3.05) is 20.8 Å². The van der Waals surface area contributed by atoms with E-state index in [0.29, 0.717) is 23.1 Å². The molecule has 5 rings (SSSR count). The Hall–Kier alpha value is -3.22. The molecule has 32 heavy (non-hydrogen) atoms. The summed E-state index contributed by atoms with van der Waals surface area (Å²) in [7, 11) is 3.31. The van der Waals surface area contributed by atoms with E-state index in [0.717, 1.165) is 46.9 Å². The Morgan fingerprint density at radius 1 is 1.03 bits per heavy atom. The second-order valence-corrected chi connectivity index (χ2v) is 8.14. The van der Waals surface area contributed by atoms with Crippen LogP contribution in [-0.4, -0.2) is 30.1 Å². The summed E-state index contributed by atoms with van der Waals surface area (Å²) in [6.07, 6.45) is 2.86. The van der Waals surface area contributed by atoms with E-state index in [4.69, 9.17) is 30.8 Å². The molecule has 0 aliphatic carbocycles. The molecule has 4 aromatic rings. The molecule has 3 heterocycles. The van der Waals surface area contributed by atoms with E-state index in [1.165, 1.54) is 0 Å². The number of aromatic nitrogens is 2. The molecule has 2 aromatic heterocycles. The van der Waals surface area contributed by atoms with Crippen LogP contribution >= 0.6 is 11.6 Å². The molecule has 1 unspecified atom stereocenters. The van der Waals surface area contributed by atoms with Gasteiger partial charge in [0.25, 0.3) is 0 Å². The molecule has 0 spiro atoms. The van der Waals surface area contributed by atoms with Crippen molar-refractivity contribution in [2.45, 2.75) is 19.1 Å². The first-order valence-corrected chi connectivity index (χ1v) is 10.9. The molecular weight excluding hydrogens is 426 g/mol. The van der Waals surface area contributed by atoms with Crippen molar-refractivity contribution in [2.24, 2.45) is 0 Å². The summed E-state index contributed by atoms with van der Waals surface area (Å²) in [6, 6.07) is 17.7. The van der Waals surface area contributed by atoms with Crippen LogP contribution in [0.4, 0.5) is 0 Å². The minimum absolute atomic E-state index is 0.0100. The topological polar surface area (TPSA) is 57.0 Å². The van der Waals surface area contributed by atoms with Gasteiger partial charge in [0.15, 0.2) is 11.5 Å². The maximum Gasteiger partial charge on any atom is 0.162 e. The van der Waals surface area contributed by atoms with Gasteiger partial charge >= 0.3 is 0 Å². The summed E-state index contributed by atoms with van der Waals surface area (Å²) in [6.45, 7) is 1.28. The van der Waals surface area contributed by atoms with Gasteiger partial charge < -0.3 is 23.9 Å². The van der Waals surface area contributed by atoms with Crippen molar-refractivity contribution in [3.8, 4) is 17.2 Å². The second-order valence-electron chi connectivity index (χ2n) is 7.70. The van der Waals surface area contributed by atoms with Crippen LogP contribution < -0.4 is 19.5 Å². The smallest absolute Gasteiger partial charge is 0.162 e. The average Bonchev–Trinajstić information content (AvgIpc) is 3.20. The highest BCUT2D eigenvalue weighted by Crippen LogP contribution is 2.36. The van der Waals surface area contributed by atoms with Gasteiger partial charge in [0.1, 0.15) is 18.0 Å². The van der Waals surface area contributed by atoms with Gasteiger partial charge in [-0.15, -0.1) is 0 Å². The minimum Gasteiger partial charge on any atom is -0.497 e. The van der Waals surface area contributed by atoms with Gasteiger partial charge in [-0.25, -0.2) is 4.98 Å². The van der Waals surface area contributed by atoms with E-state index in [9.17, 15) is 0 Å². The van der Waals surface area contributed by atoms with Crippen molar-refractivity contribution in [1.82, 2.24) is 14.7 Å². The van der Waals surface area contributed by atoms with Gasteiger partial charge in [-0.3, -0.25) is 0 Å². The highest BCUT2D eigenvalue weighted by molar-refractivity contribution is 6.30. The summed E-state index contributed by atoms with van der Waals surface area (Å²) in [5.41, 5.74) is 5.23. The van der Waals surface area contributed by atoms with Crippen LogP contribution in [0.3, 0.4) is 0 Å². The lowest BCUT2D eigenvalue weighted by Crippen LogP contribution is -2.31. The lowest BCUT2D eigenvalue weighted by atomic mass is 9.97. The van der Waals surface area contributed by atoms with E-state index in [1.54, 1.807) is 14.2 Å². The number of rotatable bonds is 6. The third-order valence-corrected chi connectivity index (χ3v) is 5.99. The van der Waals surface area contributed by atoms with E-state index in [1.807, 2.05) is 54.7 Å². The Morgan fingerprint density at radius 3 is 2.66 bits per heavy atom. The maximum atomic E-state index is 6.19. The summed E-state index contributed by atoms with van der Waals surface area (Å²) in [5, 5.41) is 4.31. The zero-order chi connectivity index (χ0) is 22.1. The lowest BCUT2D eigenvalue weighted by Gasteiger charge is -2.25. The quantitative estimate of drug-likeness (QED) is 0.457. The molecule has 6 nitrogen and oxygen atoms in total. The largest absolute Gasteiger partial charge is 0.497 e. The number of imidazole rings is 1. The van der Waals surface area contributed by atoms with Gasteiger partial charge in [-0.1, -0.05) is 29.8 Å². The summed E-state index contributed by atoms with van der Waals surface area (Å²) >= 11 is 6.19. The molecule has 1 aliphatic rings. The van der Waals surface area contributed by atoms with Crippen molar-refractivity contribution in [3.63, 3.8) is 0 Å². The molecule has 1 aliphatic heterocycles. The fourth-order valence-electron chi connectivity index (χ4n) is 4.15. The number of fused-ring (bicyclic) bond motifs is 3. The first-order valence-electron chi connectivity index (χ1n) is 10.5. The zero-order valence-electron chi connectivity index (χ0n) is 18.0. The monoisotopic (exact) mass is 449 g/mol. The molecule has 0 radical (unpaired) electrons. The first kappa shape index (κ1) is 20.7. The van der Waals surface area contributed by atoms with Crippen LogP contribution in [-0.2, 0) is 13.0 Å². The Balaban J connectivity index is 1.47. The minimum atomic E-state index is -0.0100. The molecule has 0 saturated heterocycles. The van der Waals surface area contributed by atoms with Crippen LogP contribution in [0.1, 0.15) is 28.6 Å². The number of methoxy groups -OCH3 is 2. The maximum absolute atomic E-state index is 6.19. The number of hydrogen-bond donors (Lipinski definition) is 1. The summed E-state index contributed by atoms with van der Waals surface area (Å²) < 4.78 is 19.1. The van der Waals surface area contributed by atoms with E-state index in [2.05, 4.69) is 15.8 Å². The number of nitrogens with zero attached hydrogens (tertiary/aromatic N) is 2. The van der Waals surface area contributed by atoms with Gasteiger partial charge in [0, 0.05) is 30.3 Å². The average molecular weight is 450 g/mol.